The number of nitrogens with zero attached hydrogens (tertiary/aromatic N) is 3. The fourth-order valence-electron chi connectivity index (χ4n) is 1.44. The first-order valence-electron chi connectivity index (χ1n) is 3.97. The van der Waals surface area contributed by atoms with Crippen LogP contribution in [-0.2, 0) is 0 Å². The SMILES string of the molecule is [O-]/N=[N+](\[O-])N1CCCC[C@H]1CO. The summed E-state index contributed by atoms with van der Waals surface area (Å²) >= 11 is 0. The third-order valence-electron chi connectivity index (χ3n) is 2.10. The molecule has 1 N–H and O–H groups in total. The lowest BCUT2D eigenvalue weighted by Crippen LogP contribution is -2.45. The minimum absolute atomic E-state index is 0.0278. The minimum Gasteiger partial charge on any atom is -0.737 e. The summed E-state index contributed by atoms with van der Waals surface area (Å²) in [4.78, 5) is 0.0278. The van der Waals surface area contributed by atoms with Crippen molar-refractivity contribution in [3.05, 3.63) is 10.4 Å². The highest BCUT2D eigenvalue weighted by Crippen LogP contribution is 2.16. The summed E-state index contributed by atoms with van der Waals surface area (Å²) in [6.45, 7) is 0.398. The van der Waals surface area contributed by atoms with Gasteiger partial charge >= 0.3 is 0 Å². The van der Waals surface area contributed by atoms with Gasteiger partial charge in [0.15, 0.2) is 0 Å². The minimum atomic E-state index is -0.242. The van der Waals surface area contributed by atoms with Crippen LogP contribution in [0.5, 0.6) is 0 Å². The topological polar surface area (TPSA) is 85.0 Å². The van der Waals surface area contributed by atoms with E-state index in [1.807, 2.05) is 0 Å². The summed E-state index contributed by atoms with van der Waals surface area (Å²) < 4.78 is 0. The van der Waals surface area contributed by atoms with Crippen molar-refractivity contribution >= 4 is 0 Å². The van der Waals surface area contributed by atoms with Crippen LogP contribution < -0.4 is 0 Å². The predicted octanol–water partition coefficient (Wildman–Crippen LogP) is 0.209. The Morgan fingerprint density at radius 1 is 1.58 bits per heavy atom. The van der Waals surface area contributed by atoms with Crippen molar-refractivity contribution in [2.75, 3.05) is 13.2 Å². The first kappa shape index (κ1) is 9.05. The van der Waals surface area contributed by atoms with Gasteiger partial charge in [0, 0.05) is 4.97 Å². The van der Waals surface area contributed by atoms with Crippen molar-refractivity contribution in [1.29, 1.82) is 0 Å². The average molecular weight is 174 g/mol. The molecule has 0 aromatic rings. The third-order valence-corrected chi connectivity index (χ3v) is 2.10. The van der Waals surface area contributed by atoms with E-state index in [1.165, 1.54) is 5.01 Å². The first-order chi connectivity index (χ1) is 5.79. The summed E-state index contributed by atoms with van der Waals surface area (Å²) in [6.07, 6.45) is 2.59. The zero-order valence-corrected chi connectivity index (χ0v) is 6.72. The first-order valence-corrected chi connectivity index (χ1v) is 3.97. The molecule has 0 aromatic carbocycles. The van der Waals surface area contributed by atoms with Crippen LogP contribution in [0.15, 0.2) is 5.28 Å². The van der Waals surface area contributed by atoms with E-state index in [1.54, 1.807) is 0 Å². The largest absolute Gasteiger partial charge is 0.737 e. The van der Waals surface area contributed by atoms with Gasteiger partial charge in [0.2, 0.25) is 0 Å². The second-order valence-corrected chi connectivity index (χ2v) is 2.83. The molecule has 0 bridgehead atoms. The molecule has 1 heterocycles. The van der Waals surface area contributed by atoms with Crippen LogP contribution in [-0.4, -0.2) is 34.3 Å². The van der Waals surface area contributed by atoms with Gasteiger partial charge in [0.25, 0.3) is 0 Å². The average Bonchev–Trinajstić information content (AvgIpc) is 2.16. The molecule has 0 aromatic heterocycles. The van der Waals surface area contributed by atoms with Crippen molar-refractivity contribution in [2.45, 2.75) is 25.3 Å². The monoisotopic (exact) mass is 174 g/mol. The highest BCUT2D eigenvalue weighted by molar-refractivity contribution is 4.69. The summed E-state index contributed by atoms with van der Waals surface area (Å²) in [7, 11) is 0. The van der Waals surface area contributed by atoms with E-state index in [0.29, 0.717) is 6.54 Å². The molecule has 1 saturated heterocycles. The fourth-order valence-corrected chi connectivity index (χ4v) is 1.44. The lowest BCUT2D eigenvalue weighted by molar-refractivity contribution is -0.701. The van der Waals surface area contributed by atoms with E-state index in [-0.39, 0.29) is 17.6 Å². The number of hydrazine groups is 1. The number of aliphatic hydroxyl groups excluding tert-OH is 1. The third kappa shape index (κ3) is 1.76. The molecule has 6 nitrogen and oxygen atoms in total. The van der Waals surface area contributed by atoms with Crippen LogP contribution in [0.4, 0.5) is 0 Å². The standard InChI is InChI=1S/C6H13N3O3/c10-5-6-3-1-2-4-8(6)9(12)7-11/h6,10-11H,1-5H2/p-1/b9-7-/t6-/m0/s1. The fraction of sp³-hybridized carbons (Fsp3) is 1.00. The molecule has 1 rings (SSSR count). The quantitative estimate of drug-likeness (QED) is 0.368. The molecule has 12 heavy (non-hydrogen) atoms. The number of hydrogen-bond donors (Lipinski definition) is 1. The van der Waals surface area contributed by atoms with E-state index in [0.717, 1.165) is 19.3 Å². The summed E-state index contributed by atoms with van der Waals surface area (Å²) in [5.41, 5.74) is 0. The number of hydrogen-bond acceptors (Lipinski definition) is 4. The van der Waals surface area contributed by atoms with Crippen LogP contribution in [0.25, 0.3) is 0 Å². The smallest absolute Gasteiger partial charge is 0.111 e. The second kappa shape index (κ2) is 4.10. The molecule has 1 aliphatic heterocycles. The molecular formula is C6H12N3O3-. The number of piperidine rings is 1. The Labute approximate surface area is 70.2 Å². The van der Waals surface area contributed by atoms with Crippen molar-refractivity contribution < 1.29 is 10.1 Å². The van der Waals surface area contributed by atoms with E-state index in [4.69, 9.17) is 5.11 Å². The van der Waals surface area contributed by atoms with Gasteiger partial charge in [-0.2, -0.15) is 0 Å². The van der Waals surface area contributed by atoms with E-state index in [9.17, 15) is 10.4 Å². The van der Waals surface area contributed by atoms with Gasteiger partial charge in [-0.1, -0.05) is 0 Å². The van der Waals surface area contributed by atoms with Gasteiger partial charge in [-0.25, -0.2) is 0 Å². The van der Waals surface area contributed by atoms with Crippen molar-refractivity contribution in [2.24, 2.45) is 5.28 Å². The summed E-state index contributed by atoms with van der Waals surface area (Å²) in [5.74, 6) is 0. The number of rotatable bonds is 2. The van der Waals surface area contributed by atoms with Gasteiger partial charge in [0.1, 0.15) is 6.04 Å². The molecule has 0 saturated carbocycles. The zero-order valence-electron chi connectivity index (χ0n) is 6.72. The Kier molecular flexibility index (Phi) is 3.09. The molecule has 0 radical (unpaired) electrons. The van der Waals surface area contributed by atoms with Gasteiger partial charge in [-0.3, -0.25) is 0 Å². The summed E-state index contributed by atoms with van der Waals surface area (Å²) in [6, 6.07) is -0.242. The Morgan fingerprint density at radius 2 is 2.33 bits per heavy atom. The maximum Gasteiger partial charge on any atom is 0.111 e. The van der Waals surface area contributed by atoms with E-state index < -0.39 is 0 Å². The molecule has 0 aliphatic carbocycles. The Morgan fingerprint density at radius 3 is 2.92 bits per heavy atom. The molecule has 0 unspecified atom stereocenters. The highest BCUT2D eigenvalue weighted by Gasteiger charge is 2.26. The Balaban J connectivity index is 2.58. The summed E-state index contributed by atoms with van der Waals surface area (Å²) in [5, 5.41) is 33.1. The van der Waals surface area contributed by atoms with Gasteiger partial charge < -0.3 is 15.5 Å². The molecular weight excluding hydrogens is 162 g/mol. The van der Waals surface area contributed by atoms with Crippen molar-refractivity contribution in [3.63, 3.8) is 0 Å². The molecule has 6 heteroatoms. The van der Waals surface area contributed by atoms with E-state index >= 15 is 0 Å². The van der Waals surface area contributed by atoms with Gasteiger partial charge in [0.05, 0.1) is 13.2 Å². The molecule has 70 valence electrons. The molecule has 0 amide bonds. The maximum atomic E-state index is 10.8. The number of aliphatic hydroxyl groups is 1. The predicted molar refractivity (Wildman–Crippen MR) is 40.9 cm³/mol. The van der Waals surface area contributed by atoms with E-state index in [2.05, 4.69) is 5.28 Å². The molecule has 1 fully saturated rings. The maximum absolute atomic E-state index is 10.8. The zero-order chi connectivity index (χ0) is 8.97. The highest BCUT2D eigenvalue weighted by atomic mass is 16.6. The van der Waals surface area contributed by atoms with Crippen LogP contribution in [0, 0.1) is 10.4 Å². The van der Waals surface area contributed by atoms with Crippen LogP contribution >= 0.6 is 0 Å². The molecule has 0 spiro atoms. The van der Waals surface area contributed by atoms with Crippen molar-refractivity contribution in [3.8, 4) is 0 Å². The van der Waals surface area contributed by atoms with Gasteiger partial charge in [-0.05, 0) is 24.5 Å². The van der Waals surface area contributed by atoms with Crippen LogP contribution in [0.3, 0.4) is 0 Å². The Hall–Kier alpha value is -1.04. The normalized spacial score (nSPS) is 25.9. The molecule has 1 atom stereocenters. The van der Waals surface area contributed by atoms with Crippen LogP contribution in [0.1, 0.15) is 19.3 Å². The van der Waals surface area contributed by atoms with Gasteiger partial charge in [-0.15, -0.1) is 5.01 Å². The molecule has 1 aliphatic rings. The second-order valence-electron chi connectivity index (χ2n) is 2.83. The lowest BCUT2D eigenvalue weighted by atomic mass is 10.1. The van der Waals surface area contributed by atoms with Crippen molar-refractivity contribution in [1.82, 2.24) is 5.01 Å². The van der Waals surface area contributed by atoms with Crippen LogP contribution in [0.2, 0.25) is 0 Å². The lowest BCUT2D eigenvalue weighted by Gasteiger charge is -2.30. The Bertz CT molecular complexity index is 173.